The highest BCUT2D eigenvalue weighted by molar-refractivity contribution is 5.85. The molecule has 21 heavy (non-hydrogen) atoms. The Morgan fingerprint density at radius 1 is 1.38 bits per heavy atom. The van der Waals surface area contributed by atoms with E-state index in [4.69, 9.17) is 10.5 Å². The Balaban J connectivity index is 0.00000400. The number of amides is 1. The van der Waals surface area contributed by atoms with E-state index in [-0.39, 0.29) is 36.3 Å². The Kier molecular flexibility index (Phi) is 9.17. The first-order valence-electron chi connectivity index (χ1n) is 6.83. The van der Waals surface area contributed by atoms with Gasteiger partial charge in [0, 0.05) is 7.11 Å². The molecule has 0 aliphatic heterocycles. The summed E-state index contributed by atoms with van der Waals surface area (Å²) in [4.78, 5) is 11.9. The van der Waals surface area contributed by atoms with Crippen molar-refractivity contribution in [2.75, 3.05) is 7.11 Å². The van der Waals surface area contributed by atoms with Crippen LogP contribution in [0.3, 0.4) is 0 Å². The van der Waals surface area contributed by atoms with E-state index in [0.717, 1.165) is 12.0 Å². The lowest BCUT2D eigenvalue weighted by molar-refractivity contribution is -0.124. The maximum Gasteiger partial charge on any atom is 0.237 e. The summed E-state index contributed by atoms with van der Waals surface area (Å²) in [5, 5.41) is 2.85. The number of nitrogens with two attached hydrogens (primary N) is 1. The predicted molar refractivity (Wildman–Crippen MR) is 83.9 cm³/mol. The highest BCUT2D eigenvalue weighted by Crippen LogP contribution is 2.21. The lowest BCUT2D eigenvalue weighted by Crippen LogP contribution is -2.46. The van der Waals surface area contributed by atoms with E-state index in [9.17, 15) is 9.18 Å². The number of benzene rings is 1. The summed E-state index contributed by atoms with van der Waals surface area (Å²) in [6.45, 7) is 3.82. The number of rotatable bonds is 7. The number of carbonyl (C=O) groups is 1. The van der Waals surface area contributed by atoms with Crippen LogP contribution in [0.15, 0.2) is 24.3 Å². The van der Waals surface area contributed by atoms with Crippen molar-refractivity contribution in [2.24, 2.45) is 5.73 Å². The minimum atomic E-state index is -0.506. The third-order valence-corrected chi connectivity index (χ3v) is 3.21. The van der Waals surface area contributed by atoms with E-state index in [0.29, 0.717) is 6.42 Å². The molecule has 0 bridgehead atoms. The van der Waals surface area contributed by atoms with E-state index in [1.807, 2.05) is 13.8 Å². The Morgan fingerprint density at radius 2 is 1.95 bits per heavy atom. The molecule has 0 spiro atoms. The second-order valence-corrected chi connectivity index (χ2v) is 4.90. The van der Waals surface area contributed by atoms with Gasteiger partial charge in [0.2, 0.25) is 5.91 Å². The lowest BCUT2D eigenvalue weighted by atomic mass is 10.0. The second kappa shape index (κ2) is 9.71. The quantitative estimate of drug-likeness (QED) is 0.812. The SMILES string of the molecule is CCCC(N)C(=O)NC(C)C(OC)c1ccc(F)cc1.Cl. The van der Waals surface area contributed by atoms with Crippen molar-refractivity contribution in [1.29, 1.82) is 0 Å². The van der Waals surface area contributed by atoms with Crippen LogP contribution in [0.1, 0.15) is 38.4 Å². The van der Waals surface area contributed by atoms with Gasteiger partial charge in [-0.15, -0.1) is 12.4 Å². The number of carbonyl (C=O) groups excluding carboxylic acids is 1. The molecule has 3 atom stereocenters. The van der Waals surface area contributed by atoms with Gasteiger partial charge in [-0.3, -0.25) is 4.79 Å². The van der Waals surface area contributed by atoms with Crippen LogP contribution in [0, 0.1) is 5.82 Å². The van der Waals surface area contributed by atoms with Crippen molar-refractivity contribution in [3.63, 3.8) is 0 Å². The number of methoxy groups -OCH3 is 1. The maximum absolute atomic E-state index is 12.9. The Hall–Kier alpha value is -1.17. The smallest absolute Gasteiger partial charge is 0.237 e. The molecule has 0 saturated carbocycles. The summed E-state index contributed by atoms with van der Waals surface area (Å²) in [5.74, 6) is -0.492. The molecular formula is C15H24ClFN2O2. The largest absolute Gasteiger partial charge is 0.375 e. The molecule has 3 N–H and O–H groups in total. The summed E-state index contributed by atoms with van der Waals surface area (Å²) < 4.78 is 18.3. The van der Waals surface area contributed by atoms with Crippen molar-refractivity contribution in [1.82, 2.24) is 5.32 Å². The van der Waals surface area contributed by atoms with E-state index in [1.54, 1.807) is 19.2 Å². The molecule has 0 aliphatic rings. The fraction of sp³-hybridized carbons (Fsp3) is 0.533. The van der Waals surface area contributed by atoms with Gasteiger partial charge in [0.25, 0.3) is 0 Å². The van der Waals surface area contributed by atoms with Gasteiger partial charge in [-0.05, 0) is 31.0 Å². The Bertz CT molecular complexity index is 428. The average molecular weight is 319 g/mol. The molecule has 6 heteroatoms. The number of nitrogens with one attached hydrogen (secondary N) is 1. The molecule has 0 aromatic heterocycles. The van der Waals surface area contributed by atoms with Crippen LogP contribution >= 0.6 is 12.4 Å². The zero-order valence-electron chi connectivity index (χ0n) is 12.6. The number of hydrogen-bond acceptors (Lipinski definition) is 3. The van der Waals surface area contributed by atoms with Crippen LogP contribution in [0.2, 0.25) is 0 Å². The molecule has 0 radical (unpaired) electrons. The fourth-order valence-corrected chi connectivity index (χ4v) is 2.13. The standard InChI is InChI=1S/C15H23FN2O2.ClH/c1-4-5-13(17)15(19)18-10(2)14(20-3)11-6-8-12(16)9-7-11;/h6-10,13-14H,4-5,17H2,1-3H3,(H,18,19);1H. The average Bonchev–Trinajstić information content (AvgIpc) is 2.42. The van der Waals surface area contributed by atoms with Crippen molar-refractivity contribution in [3.8, 4) is 0 Å². The number of ether oxygens (including phenoxy) is 1. The lowest BCUT2D eigenvalue weighted by Gasteiger charge is -2.25. The van der Waals surface area contributed by atoms with Crippen LogP contribution in [0.4, 0.5) is 4.39 Å². The molecule has 0 fully saturated rings. The van der Waals surface area contributed by atoms with Gasteiger partial charge < -0.3 is 15.8 Å². The third kappa shape index (κ3) is 5.99. The summed E-state index contributed by atoms with van der Waals surface area (Å²) >= 11 is 0. The van der Waals surface area contributed by atoms with Gasteiger partial charge >= 0.3 is 0 Å². The summed E-state index contributed by atoms with van der Waals surface area (Å²) in [5.41, 5.74) is 6.58. The molecule has 3 unspecified atom stereocenters. The number of hydrogen-bond donors (Lipinski definition) is 2. The molecule has 1 amide bonds. The molecule has 0 heterocycles. The maximum atomic E-state index is 12.9. The first-order chi connectivity index (χ1) is 9.49. The van der Waals surface area contributed by atoms with E-state index >= 15 is 0 Å². The summed E-state index contributed by atoms with van der Waals surface area (Å²) in [6.07, 6.45) is 1.16. The van der Waals surface area contributed by atoms with Gasteiger partial charge in [0.15, 0.2) is 0 Å². The van der Waals surface area contributed by atoms with E-state index in [2.05, 4.69) is 5.32 Å². The summed E-state index contributed by atoms with van der Waals surface area (Å²) in [7, 11) is 1.56. The molecule has 0 aliphatic carbocycles. The zero-order chi connectivity index (χ0) is 15.1. The molecular weight excluding hydrogens is 295 g/mol. The van der Waals surface area contributed by atoms with Crippen molar-refractivity contribution >= 4 is 18.3 Å². The highest BCUT2D eigenvalue weighted by atomic mass is 35.5. The van der Waals surface area contributed by atoms with Crippen LogP contribution in [-0.4, -0.2) is 25.1 Å². The first-order valence-corrected chi connectivity index (χ1v) is 6.83. The molecule has 1 rings (SSSR count). The van der Waals surface area contributed by atoms with Crippen LogP contribution in [0.25, 0.3) is 0 Å². The highest BCUT2D eigenvalue weighted by Gasteiger charge is 2.22. The molecule has 4 nitrogen and oxygen atoms in total. The van der Waals surface area contributed by atoms with Gasteiger partial charge in [-0.1, -0.05) is 25.5 Å². The minimum absolute atomic E-state index is 0. The molecule has 0 saturated heterocycles. The van der Waals surface area contributed by atoms with Gasteiger partial charge in [0.05, 0.1) is 12.1 Å². The normalized spacial score (nSPS) is 14.7. The zero-order valence-corrected chi connectivity index (χ0v) is 13.5. The molecule has 120 valence electrons. The fourth-order valence-electron chi connectivity index (χ4n) is 2.13. The first kappa shape index (κ1) is 19.8. The van der Waals surface area contributed by atoms with Crippen LogP contribution < -0.4 is 11.1 Å². The minimum Gasteiger partial charge on any atom is -0.375 e. The summed E-state index contributed by atoms with van der Waals surface area (Å²) in [6, 6.07) is 5.29. The monoisotopic (exact) mass is 318 g/mol. The van der Waals surface area contributed by atoms with Crippen molar-refractivity contribution in [3.05, 3.63) is 35.6 Å². The third-order valence-electron chi connectivity index (χ3n) is 3.21. The van der Waals surface area contributed by atoms with Gasteiger partial charge in [-0.25, -0.2) is 4.39 Å². The van der Waals surface area contributed by atoms with Gasteiger partial charge in [0.1, 0.15) is 11.9 Å². The van der Waals surface area contributed by atoms with Crippen molar-refractivity contribution < 1.29 is 13.9 Å². The molecule has 1 aromatic rings. The van der Waals surface area contributed by atoms with Crippen LogP contribution in [-0.2, 0) is 9.53 Å². The van der Waals surface area contributed by atoms with Crippen LogP contribution in [0.5, 0.6) is 0 Å². The Morgan fingerprint density at radius 3 is 2.43 bits per heavy atom. The number of halogens is 2. The van der Waals surface area contributed by atoms with E-state index < -0.39 is 6.04 Å². The van der Waals surface area contributed by atoms with Gasteiger partial charge in [-0.2, -0.15) is 0 Å². The van der Waals surface area contributed by atoms with E-state index in [1.165, 1.54) is 12.1 Å². The topological polar surface area (TPSA) is 64.4 Å². The Labute approximate surface area is 131 Å². The predicted octanol–water partition coefficient (Wildman–Crippen LogP) is 2.57. The molecule has 1 aromatic carbocycles. The second-order valence-electron chi connectivity index (χ2n) is 4.90. The van der Waals surface area contributed by atoms with Crippen molar-refractivity contribution in [2.45, 2.75) is 44.9 Å².